The van der Waals surface area contributed by atoms with Crippen LogP contribution in [0.25, 0.3) is 11.1 Å². The standard InChI is InChI=1S/C39H44N2O8/c1-40-14-12-22-17-30(44-3)31(45-4)19-25(22)28(40)16-21-8-10-23(11-9-21)49-37-27-18-29-33-24(13-15-41(29)2)35(42)39(48-7)38(47-6)34(33)26(27)20-32(46-5)36(37)43/h8-11,17,19-20,28-29,42-43H,12-16,18H2,1-7H3/t28-,29+/m0/s1. The molecule has 2 heterocycles. The Labute approximate surface area is 287 Å². The SMILES string of the molecule is COc1cc2c(cc1OC)[C@H](Cc1ccc(Oc3c(O)c(OC)cc4c3C[C@@H]3c5c(c(O)c(OC)c(OC)c5-4)CCN3C)cc1)N(C)CC2. The van der Waals surface area contributed by atoms with Crippen LogP contribution in [-0.2, 0) is 25.7 Å². The van der Waals surface area contributed by atoms with E-state index in [9.17, 15) is 10.2 Å². The van der Waals surface area contributed by atoms with Gasteiger partial charge in [-0.2, -0.15) is 0 Å². The third-order valence-corrected chi connectivity index (χ3v) is 10.6. The van der Waals surface area contributed by atoms with E-state index in [-0.39, 0.29) is 29.3 Å². The Morgan fingerprint density at radius 2 is 1.37 bits per heavy atom. The normalized spacial score (nSPS) is 18.2. The first-order valence-corrected chi connectivity index (χ1v) is 16.6. The second-order valence-electron chi connectivity index (χ2n) is 13.0. The average molecular weight is 669 g/mol. The fraction of sp³-hybridized carbons (Fsp3) is 0.385. The molecule has 0 saturated carbocycles. The Balaban J connectivity index is 1.26. The van der Waals surface area contributed by atoms with Gasteiger partial charge in [0.25, 0.3) is 0 Å². The van der Waals surface area contributed by atoms with E-state index in [2.05, 4.69) is 48.2 Å². The van der Waals surface area contributed by atoms with Crippen molar-refractivity contribution in [3.63, 3.8) is 0 Å². The summed E-state index contributed by atoms with van der Waals surface area (Å²) >= 11 is 0. The average Bonchev–Trinajstić information content (AvgIpc) is 3.12. The fourth-order valence-corrected chi connectivity index (χ4v) is 7.96. The van der Waals surface area contributed by atoms with E-state index in [1.165, 1.54) is 25.3 Å². The number of hydrogen-bond donors (Lipinski definition) is 2. The Hall–Kier alpha value is -4.80. The maximum absolute atomic E-state index is 11.5. The van der Waals surface area contributed by atoms with Crippen LogP contribution in [0.1, 0.15) is 45.5 Å². The summed E-state index contributed by atoms with van der Waals surface area (Å²) in [6, 6.07) is 14.2. The van der Waals surface area contributed by atoms with Crippen molar-refractivity contribution in [2.45, 2.75) is 37.8 Å². The molecule has 2 N–H and O–H groups in total. The van der Waals surface area contributed by atoms with Gasteiger partial charge in [0, 0.05) is 41.9 Å². The molecule has 0 radical (unpaired) electrons. The first-order valence-electron chi connectivity index (χ1n) is 16.6. The van der Waals surface area contributed by atoms with E-state index in [1.807, 2.05) is 18.2 Å². The Kier molecular flexibility index (Phi) is 8.62. The van der Waals surface area contributed by atoms with Gasteiger partial charge in [0.05, 0.1) is 35.5 Å². The van der Waals surface area contributed by atoms with E-state index in [0.29, 0.717) is 35.8 Å². The molecule has 0 fully saturated rings. The minimum atomic E-state index is -0.0676. The Morgan fingerprint density at radius 1 is 0.694 bits per heavy atom. The van der Waals surface area contributed by atoms with Crippen LogP contribution in [0.2, 0.25) is 0 Å². The van der Waals surface area contributed by atoms with E-state index in [0.717, 1.165) is 70.8 Å². The van der Waals surface area contributed by atoms with Gasteiger partial charge in [-0.3, -0.25) is 9.80 Å². The van der Waals surface area contributed by atoms with Gasteiger partial charge in [0.1, 0.15) is 5.75 Å². The molecule has 4 aromatic rings. The van der Waals surface area contributed by atoms with Crippen molar-refractivity contribution in [2.24, 2.45) is 0 Å². The Bertz CT molecular complexity index is 1910. The van der Waals surface area contributed by atoms with Gasteiger partial charge >= 0.3 is 0 Å². The number of fused-ring (bicyclic) bond motifs is 3. The smallest absolute Gasteiger partial charge is 0.204 e. The summed E-state index contributed by atoms with van der Waals surface area (Å²) in [5.41, 5.74) is 8.00. The van der Waals surface area contributed by atoms with Gasteiger partial charge in [-0.1, -0.05) is 12.1 Å². The van der Waals surface area contributed by atoms with Crippen LogP contribution in [0.3, 0.4) is 0 Å². The summed E-state index contributed by atoms with van der Waals surface area (Å²) in [5.74, 6) is 3.48. The number of aromatic hydroxyl groups is 2. The van der Waals surface area contributed by atoms with Crippen molar-refractivity contribution in [1.29, 1.82) is 0 Å². The maximum Gasteiger partial charge on any atom is 0.204 e. The number of phenolic OH excluding ortho intramolecular Hbond substituents is 2. The lowest BCUT2D eigenvalue weighted by Gasteiger charge is -2.41. The number of methoxy groups -OCH3 is 5. The highest BCUT2D eigenvalue weighted by Crippen LogP contribution is 2.60. The number of phenols is 2. The van der Waals surface area contributed by atoms with E-state index in [4.69, 9.17) is 28.4 Å². The van der Waals surface area contributed by atoms with Gasteiger partial charge in [-0.25, -0.2) is 0 Å². The molecule has 1 aliphatic carbocycles. The molecule has 0 saturated heterocycles. The van der Waals surface area contributed by atoms with Crippen LogP contribution in [-0.4, -0.2) is 82.7 Å². The lowest BCUT2D eigenvalue weighted by atomic mass is 9.75. The lowest BCUT2D eigenvalue weighted by molar-refractivity contribution is 0.221. The highest BCUT2D eigenvalue weighted by atomic mass is 16.5. The van der Waals surface area contributed by atoms with Crippen LogP contribution >= 0.6 is 0 Å². The summed E-state index contributed by atoms with van der Waals surface area (Å²) in [6.07, 6.45) is 2.99. The van der Waals surface area contributed by atoms with Gasteiger partial charge in [-0.15, -0.1) is 0 Å². The zero-order valence-corrected chi connectivity index (χ0v) is 29.2. The Morgan fingerprint density at radius 3 is 2.04 bits per heavy atom. The third kappa shape index (κ3) is 5.34. The zero-order chi connectivity index (χ0) is 34.6. The molecule has 49 heavy (non-hydrogen) atoms. The van der Waals surface area contributed by atoms with Crippen LogP contribution in [0.5, 0.6) is 51.7 Å². The molecular weight excluding hydrogens is 624 g/mol. The van der Waals surface area contributed by atoms with Crippen molar-refractivity contribution in [1.82, 2.24) is 9.80 Å². The van der Waals surface area contributed by atoms with Crippen LogP contribution < -0.4 is 28.4 Å². The summed E-state index contributed by atoms with van der Waals surface area (Å²) < 4.78 is 35.0. The highest BCUT2D eigenvalue weighted by molar-refractivity contribution is 5.89. The minimum absolute atomic E-state index is 0.0663. The van der Waals surface area contributed by atoms with E-state index in [1.54, 1.807) is 21.3 Å². The number of ether oxygens (including phenoxy) is 6. The van der Waals surface area contributed by atoms with Crippen molar-refractivity contribution in [3.05, 3.63) is 75.8 Å². The van der Waals surface area contributed by atoms with E-state index < -0.39 is 0 Å². The third-order valence-electron chi connectivity index (χ3n) is 10.6. The van der Waals surface area contributed by atoms with Gasteiger partial charge < -0.3 is 38.6 Å². The molecule has 2 aliphatic heterocycles. The molecule has 7 rings (SSSR count). The summed E-state index contributed by atoms with van der Waals surface area (Å²) in [4.78, 5) is 4.65. The molecule has 0 bridgehead atoms. The monoisotopic (exact) mass is 668 g/mol. The fourth-order valence-electron chi connectivity index (χ4n) is 7.96. The molecule has 2 atom stereocenters. The summed E-state index contributed by atoms with van der Waals surface area (Å²) in [5, 5.41) is 22.8. The molecule has 0 spiro atoms. The van der Waals surface area contributed by atoms with Crippen molar-refractivity contribution >= 4 is 0 Å². The largest absolute Gasteiger partial charge is 0.504 e. The molecule has 4 aromatic carbocycles. The maximum atomic E-state index is 11.5. The van der Waals surface area contributed by atoms with Crippen molar-refractivity contribution in [3.8, 4) is 62.9 Å². The zero-order valence-electron chi connectivity index (χ0n) is 29.2. The van der Waals surface area contributed by atoms with E-state index >= 15 is 0 Å². The van der Waals surface area contributed by atoms with Crippen LogP contribution in [0, 0.1) is 0 Å². The molecule has 0 unspecified atom stereocenters. The second kappa shape index (κ2) is 12.9. The van der Waals surface area contributed by atoms with Crippen LogP contribution in [0.15, 0.2) is 42.5 Å². The van der Waals surface area contributed by atoms with Crippen LogP contribution in [0.4, 0.5) is 0 Å². The number of hydrogen-bond acceptors (Lipinski definition) is 10. The van der Waals surface area contributed by atoms with Gasteiger partial charge in [0.2, 0.25) is 11.5 Å². The topological polar surface area (TPSA) is 102 Å². The predicted octanol–water partition coefficient (Wildman–Crippen LogP) is 6.46. The number of rotatable bonds is 9. The van der Waals surface area contributed by atoms with Gasteiger partial charge in [-0.05, 0) is 97.9 Å². The summed E-state index contributed by atoms with van der Waals surface area (Å²) in [6.45, 7) is 1.71. The predicted molar refractivity (Wildman–Crippen MR) is 186 cm³/mol. The molecule has 0 aromatic heterocycles. The molecule has 10 nitrogen and oxygen atoms in total. The molecule has 258 valence electrons. The molecule has 3 aliphatic rings. The van der Waals surface area contributed by atoms with Gasteiger partial charge in [0.15, 0.2) is 34.5 Å². The number of likely N-dealkylation sites (N-methyl/N-ethyl adjacent to an activating group) is 2. The quantitative estimate of drug-likeness (QED) is 0.207. The second-order valence-corrected chi connectivity index (χ2v) is 13.0. The molecule has 0 amide bonds. The lowest BCUT2D eigenvalue weighted by Crippen LogP contribution is -2.36. The summed E-state index contributed by atoms with van der Waals surface area (Å²) in [7, 11) is 12.2. The number of nitrogens with zero attached hydrogens (tertiary/aromatic N) is 2. The molecular formula is C39H44N2O8. The first-order chi connectivity index (χ1) is 23.7. The minimum Gasteiger partial charge on any atom is -0.504 e. The highest BCUT2D eigenvalue weighted by Gasteiger charge is 2.41. The first kappa shape index (κ1) is 32.7. The molecule has 10 heteroatoms. The van der Waals surface area contributed by atoms with Crippen molar-refractivity contribution in [2.75, 3.05) is 62.7 Å². The van der Waals surface area contributed by atoms with Crippen molar-refractivity contribution < 1.29 is 38.6 Å². The number of benzene rings is 4.